The van der Waals surface area contributed by atoms with E-state index in [0.29, 0.717) is 29.5 Å². The van der Waals surface area contributed by atoms with Gasteiger partial charge in [0.2, 0.25) is 5.91 Å². The van der Waals surface area contributed by atoms with Crippen molar-refractivity contribution in [3.63, 3.8) is 0 Å². The molecule has 0 aliphatic carbocycles. The molecule has 7 heteroatoms. The van der Waals surface area contributed by atoms with Crippen LogP contribution >= 0.6 is 11.8 Å². The summed E-state index contributed by atoms with van der Waals surface area (Å²) in [6.07, 6.45) is 5.29. The number of carbonyl (C=O) groups is 1. The monoisotopic (exact) mass is 326 g/mol. The standard InChI is InChI=1S/C15H26N4O2S/c1-4-5-9-18-14(21)16-17-15(18)22-10-13(20)19-11(2)7-6-8-12(19)3/h11-12H,4-10H2,1-3H3,(H,16,21). The highest BCUT2D eigenvalue weighted by atomic mass is 32.2. The van der Waals surface area contributed by atoms with Crippen molar-refractivity contribution in [2.24, 2.45) is 0 Å². The second-order valence-electron chi connectivity index (χ2n) is 6.04. The molecule has 22 heavy (non-hydrogen) atoms. The van der Waals surface area contributed by atoms with E-state index in [1.165, 1.54) is 18.2 Å². The number of H-pyrrole nitrogens is 1. The van der Waals surface area contributed by atoms with Gasteiger partial charge in [0.25, 0.3) is 0 Å². The lowest BCUT2D eigenvalue weighted by atomic mass is 9.98. The Bertz CT molecular complexity index is 544. The van der Waals surface area contributed by atoms with E-state index < -0.39 is 0 Å². The van der Waals surface area contributed by atoms with Crippen LogP contribution in [0, 0.1) is 0 Å². The molecular weight excluding hydrogens is 300 g/mol. The third kappa shape index (κ3) is 3.94. The maximum atomic E-state index is 12.5. The second kappa shape index (κ2) is 7.85. The number of carbonyl (C=O) groups excluding carboxylic acids is 1. The molecule has 6 nitrogen and oxygen atoms in total. The largest absolute Gasteiger partial charge is 0.343 e. The van der Waals surface area contributed by atoms with Crippen LogP contribution in [0.2, 0.25) is 0 Å². The van der Waals surface area contributed by atoms with Gasteiger partial charge in [-0.2, -0.15) is 0 Å². The summed E-state index contributed by atoms with van der Waals surface area (Å²) >= 11 is 1.35. The molecule has 2 rings (SSSR count). The van der Waals surface area contributed by atoms with Crippen molar-refractivity contribution in [3.05, 3.63) is 10.5 Å². The third-order valence-electron chi connectivity index (χ3n) is 4.26. The Morgan fingerprint density at radius 1 is 1.36 bits per heavy atom. The zero-order chi connectivity index (χ0) is 16.1. The number of aromatic nitrogens is 3. The summed E-state index contributed by atoms with van der Waals surface area (Å²) in [4.78, 5) is 26.2. The maximum Gasteiger partial charge on any atom is 0.343 e. The molecule has 1 N–H and O–H groups in total. The minimum Gasteiger partial charge on any atom is -0.337 e. The molecule has 2 unspecified atom stereocenters. The van der Waals surface area contributed by atoms with E-state index in [1.807, 2.05) is 4.90 Å². The van der Waals surface area contributed by atoms with Gasteiger partial charge in [-0.3, -0.25) is 9.36 Å². The Hall–Kier alpha value is -1.24. The summed E-state index contributed by atoms with van der Waals surface area (Å²) in [6, 6.07) is 0.608. The Labute approximate surface area is 135 Å². The summed E-state index contributed by atoms with van der Waals surface area (Å²) < 4.78 is 1.63. The van der Waals surface area contributed by atoms with Crippen LogP contribution in [0.3, 0.4) is 0 Å². The van der Waals surface area contributed by atoms with Gasteiger partial charge in [0.1, 0.15) is 0 Å². The van der Waals surface area contributed by atoms with Crippen LogP contribution in [0.1, 0.15) is 52.9 Å². The van der Waals surface area contributed by atoms with Gasteiger partial charge in [0.15, 0.2) is 5.16 Å². The van der Waals surface area contributed by atoms with E-state index >= 15 is 0 Å². The molecule has 1 amide bonds. The van der Waals surface area contributed by atoms with E-state index in [-0.39, 0.29) is 11.6 Å². The summed E-state index contributed by atoms with van der Waals surface area (Å²) in [7, 11) is 0. The number of unbranched alkanes of at least 4 members (excludes halogenated alkanes) is 1. The predicted octanol–water partition coefficient (Wildman–Crippen LogP) is 2.25. The number of nitrogens with zero attached hydrogens (tertiary/aromatic N) is 3. The molecule has 2 atom stereocenters. The van der Waals surface area contributed by atoms with Crippen molar-refractivity contribution in [2.75, 3.05) is 5.75 Å². The van der Waals surface area contributed by atoms with E-state index in [9.17, 15) is 9.59 Å². The number of likely N-dealkylation sites (tertiary alicyclic amines) is 1. The van der Waals surface area contributed by atoms with Crippen molar-refractivity contribution in [1.29, 1.82) is 0 Å². The van der Waals surface area contributed by atoms with Crippen LogP contribution in [-0.2, 0) is 11.3 Å². The number of hydrogen-bond acceptors (Lipinski definition) is 4. The highest BCUT2D eigenvalue weighted by Crippen LogP contribution is 2.24. The molecule has 124 valence electrons. The molecule has 1 aromatic rings. The number of aromatic amines is 1. The fourth-order valence-electron chi connectivity index (χ4n) is 3.04. The first-order valence-electron chi connectivity index (χ1n) is 8.13. The van der Waals surface area contributed by atoms with Gasteiger partial charge in [-0.05, 0) is 39.5 Å². The second-order valence-corrected chi connectivity index (χ2v) is 6.98. The van der Waals surface area contributed by atoms with E-state index in [0.717, 1.165) is 25.7 Å². The lowest BCUT2D eigenvalue weighted by Crippen LogP contribution is -2.48. The number of amides is 1. The van der Waals surface area contributed by atoms with E-state index in [2.05, 4.69) is 31.0 Å². The molecule has 0 aromatic carbocycles. The van der Waals surface area contributed by atoms with Crippen molar-refractivity contribution in [1.82, 2.24) is 19.7 Å². The lowest BCUT2D eigenvalue weighted by Gasteiger charge is -2.39. The van der Waals surface area contributed by atoms with Crippen LogP contribution in [-0.4, -0.2) is 43.4 Å². The lowest BCUT2D eigenvalue weighted by molar-refractivity contribution is -0.134. The Morgan fingerprint density at radius 2 is 2.05 bits per heavy atom. The van der Waals surface area contributed by atoms with Crippen molar-refractivity contribution in [3.8, 4) is 0 Å². The summed E-state index contributed by atoms with van der Waals surface area (Å²) in [5, 5.41) is 7.14. The zero-order valence-corrected chi connectivity index (χ0v) is 14.5. The SMILES string of the molecule is CCCCn1c(SCC(=O)N2C(C)CCCC2C)n[nH]c1=O. The predicted molar refractivity (Wildman–Crippen MR) is 88.1 cm³/mol. The molecular formula is C15H26N4O2S. The minimum atomic E-state index is -0.192. The fourth-order valence-corrected chi connectivity index (χ4v) is 3.88. The number of rotatable bonds is 6. The molecule has 2 heterocycles. The zero-order valence-electron chi connectivity index (χ0n) is 13.7. The molecule has 0 saturated carbocycles. The smallest absolute Gasteiger partial charge is 0.337 e. The van der Waals surface area contributed by atoms with Gasteiger partial charge in [-0.1, -0.05) is 25.1 Å². The van der Waals surface area contributed by atoms with Crippen molar-refractivity contribution < 1.29 is 4.79 Å². The van der Waals surface area contributed by atoms with Gasteiger partial charge in [0.05, 0.1) is 5.75 Å². The molecule has 1 aliphatic heterocycles. The normalized spacial score (nSPS) is 22.0. The number of nitrogens with one attached hydrogen (secondary N) is 1. The molecule has 1 fully saturated rings. The molecule has 0 radical (unpaired) electrons. The van der Waals surface area contributed by atoms with Crippen LogP contribution in [0.4, 0.5) is 0 Å². The van der Waals surface area contributed by atoms with Gasteiger partial charge < -0.3 is 4.90 Å². The van der Waals surface area contributed by atoms with Crippen LogP contribution in [0.15, 0.2) is 9.95 Å². The summed E-state index contributed by atoms with van der Waals surface area (Å²) in [5.74, 6) is 0.479. The summed E-state index contributed by atoms with van der Waals surface area (Å²) in [6.45, 7) is 6.97. The fraction of sp³-hybridized carbons (Fsp3) is 0.800. The molecule has 1 saturated heterocycles. The number of piperidine rings is 1. The Kier molecular flexibility index (Phi) is 6.11. The Morgan fingerprint density at radius 3 is 2.68 bits per heavy atom. The highest BCUT2D eigenvalue weighted by Gasteiger charge is 2.29. The number of thioether (sulfide) groups is 1. The first-order valence-corrected chi connectivity index (χ1v) is 9.12. The molecule has 1 aromatic heterocycles. The minimum absolute atomic E-state index is 0.141. The van der Waals surface area contributed by atoms with Gasteiger partial charge in [-0.25, -0.2) is 9.89 Å². The van der Waals surface area contributed by atoms with Gasteiger partial charge >= 0.3 is 5.69 Å². The Balaban J connectivity index is 1.97. The highest BCUT2D eigenvalue weighted by molar-refractivity contribution is 7.99. The van der Waals surface area contributed by atoms with Crippen molar-refractivity contribution >= 4 is 17.7 Å². The van der Waals surface area contributed by atoms with Crippen LogP contribution in [0.5, 0.6) is 0 Å². The summed E-state index contributed by atoms with van der Waals surface area (Å²) in [5.41, 5.74) is -0.192. The topological polar surface area (TPSA) is 71.0 Å². The van der Waals surface area contributed by atoms with Crippen LogP contribution in [0.25, 0.3) is 0 Å². The first kappa shape index (κ1) is 17.1. The molecule has 0 bridgehead atoms. The molecule has 0 spiro atoms. The quantitative estimate of drug-likeness (QED) is 0.814. The van der Waals surface area contributed by atoms with Crippen LogP contribution < -0.4 is 5.69 Å². The average molecular weight is 326 g/mol. The van der Waals surface area contributed by atoms with Gasteiger partial charge in [0, 0.05) is 18.6 Å². The average Bonchev–Trinajstić information content (AvgIpc) is 2.83. The van der Waals surface area contributed by atoms with E-state index in [4.69, 9.17) is 0 Å². The number of hydrogen-bond donors (Lipinski definition) is 1. The molecule has 1 aliphatic rings. The van der Waals surface area contributed by atoms with E-state index in [1.54, 1.807) is 4.57 Å². The van der Waals surface area contributed by atoms with Gasteiger partial charge in [-0.15, -0.1) is 5.10 Å². The maximum absolute atomic E-state index is 12.5. The van der Waals surface area contributed by atoms with Crippen molar-refractivity contribution in [2.45, 2.75) is 76.7 Å². The third-order valence-corrected chi connectivity index (χ3v) is 5.23. The first-order chi connectivity index (χ1) is 10.5.